The minimum absolute atomic E-state index is 0.103. The molecule has 0 spiro atoms. The number of tetrazole rings is 1. The molecule has 0 bridgehead atoms. The number of para-hydroxylation sites is 1. The summed E-state index contributed by atoms with van der Waals surface area (Å²) in [6, 6.07) is 17.1. The minimum Gasteiger partial charge on any atom is -0.336 e. The Balaban J connectivity index is 1.51. The van der Waals surface area contributed by atoms with E-state index >= 15 is 0 Å². The van der Waals surface area contributed by atoms with Crippen molar-refractivity contribution in [1.29, 1.82) is 0 Å². The molecule has 0 unspecified atom stereocenters. The smallest absolute Gasteiger partial charge is 0.336 e. The number of hydrogen-bond acceptors (Lipinski definition) is 4. The number of aromatic nitrogens is 4. The first-order valence-corrected chi connectivity index (χ1v) is 8.15. The average molecular weight is 335 g/mol. The third-order valence-corrected chi connectivity index (χ3v) is 4.41. The van der Waals surface area contributed by atoms with Crippen LogP contribution in [0.1, 0.15) is 11.1 Å². The van der Waals surface area contributed by atoms with Crippen molar-refractivity contribution < 1.29 is 4.79 Å². The molecule has 0 atom stereocenters. The van der Waals surface area contributed by atoms with Gasteiger partial charge >= 0.3 is 5.69 Å². The lowest BCUT2D eigenvalue weighted by Gasteiger charge is -2.28. The summed E-state index contributed by atoms with van der Waals surface area (Å²) in [6.07, 6.45) is 0.827. The molecule has 0 saturated heterocycles. The molecule has 126 valence electrons. The summed E-state index contributed by atoms with van der Waals surface area (Å²) >= 11 is 0. The van der Waals surface area contributed by atoms with Crippen LogP contribution >= 0.6 is 0 Å². The van der Waals surface area contributed by atoms with E-state index in [1.165, 1.54) is 10.2 Å². The van der Waals surface area contributed by atoms with Crippen molar-refractivity contribution in [3.8, 4) is 5.69 Å². The number of benzene rings is 2. The fraction of sp³-hybridized carbons (Fsp3) is 0.222. The van der Waals surface area contributed by atoms with Gasteiger partial charge in [0.2, 0.25) is 5.91 Å². The fourth-order valence-electron chi connectivity index (χ4n) is 3.04. The van der Waals surface area contributed by atoms with Crippen molar-refractivity contribution in [2.24, 2.45) is 0 Å². The maximum absolute atomic E-state index is 12.6. The highest BCUT2D eigenvalue weighted by atomic mass is 16.2. The van der Waals surface area contributed by atoms with Crippen LogP contribution in [0.5, 0.6) is 0 Å². The van der Waals surface area contributed by atoms with E-state index < -0.39 is 5.69 Å². The molecule has 25 heavy (non-hydrogen) atoms. The molecule has 0 saturated carbocycles. The number of nitrogens with zero attached hydrogens (tertiary/aromatic N) is 5. The van der Waals surface area contributed by atoms with Crippen molar-refractivity contribution in [3.63, 3.8) is 0 Å². The SMILES string of the molecule is O=C(Cn1nnn(-c2ccccc2)c1=O)N1CCc2ccccc2C1. The Kier molecular flexibility index (Phi) is 3.89. The lowest BCUT2D eigenvalue weighted by Crippen LogP contribution is -2.40. The first kappa shape index (κ1) is 15.3. The van der Waals surface area contributed by atoms with Crippen LogP contribution in [0.4, 0.5) is 0 Å². The quantitative estimate of drug-likeness (QED) is 0.716. The Morgan fingerprint density at radius 3 is 2.48 bits per heavy atom. The van der Waals surface area contributed by atoms with Crippen LogP contribution in [0.25, 0.3) is 5.69 Å². The molecule has 0 radical (unpaired) electrons. The molecule has 2 heterocycles. The molecule has 7 heteroatoms. The summed E-state index contributed by atoms with van der Waals surface area (Å²) in [5.74, 6) is -0.128. The summed E-state index contributed by atoms with van der Waals surface area (Å²) < 4.78 is 2.30. The first-order chi connectivity index (χ1) is 12.2. The Morgan fingerprint density at radius 1 is 0.960 bits per heavy atom. The molecule has 1 aromatic heterocycles. The molecule has 0 aliphatic carbocycles. The molecule has 4 rings (SSSR count). The molecular formula is C18H17N5O2. The molecule has 7 nitrogen and oxygen atoms in total. The zero-order valence-electron chi connectivity index (χ0n) is 13.6. The molecular weight excluding hydrogens is 318 g/mol. The van der Waals surface area contributed by atoms with Crippen LogP contribution in [0.3, 0.4) is 0 Å². The van der Waals surface area contributed by atoms with Gasteiger partial charge in [-0.05, 0) is 40.1 Å². The maximum Gasteiger partial charge on any atom is 0.368 e. The normalized spacial score (nSPS) is 13.5. The van der Waals surface area contributed by atoms with Crippen molar-refractivity contribution in [3.05, 3.63) is 76.2 Å². The van der Waals surface area contributed by atoms with Gasteiger partial charge in [0.05, 0.1) is 5.69 Å². The van der Waals surface area contributed by atoms with E-state index in [0.717, 1.165) is 16.7 Å². The van der Waals surface area contributed by atoms with Gasteiger partial charge in [-0.2, -0.15) is 9.36 Å². The highest BCUT2D eigenvalue weighted by Gasteiger charge is 2.22. The molecule has 1 aliphatic heterocycles. The van der Waals surface area contributed by atoms with E-state index in [4.69, 9.17) is 0 Å². The first-order valence-electron chi connectivity index (χ1n) is 8.15. The van der Waals surface area contributed by atoms with E-state index in [2.05, 4.69) is 16.5 Å². The predicted molar refractivity (Wildman–Crippen MR) is 91.2 cm³/mol. The van der Waals surface area contributed by atoms with Crippen LogP contribution < -0.4 is 5.69 Å². The third kappa shape index (κ3) is 2.96. The zero-order valence-corrected chi connectivity index (χ0v) is 13.6. The summed E-state index contributed by atoms with van der Waals surface area (Å²) in [5.41, 5.74) is 2.64. The summed E-state index contributed by atoms with van der Waals surface area (Å²) in [4.78, 5) is 26.7. The van der Waals surface area contributed by atoms with Gasteiger partial charge in [-0.15, -0.1) is 0 Å². The second-order valence-electron chi connectivity index (χ2n) is 6.00. The van der Waals surface area contributed by atoms with Gasteiger partial charge in [-0.25, -0.2) is 4.79 Å². The van der Waals surface area contributed by atoms with Crippen LogP contribution in [0.15, 0.2) is 59.4 Å². The van der Waals surface area contributed by atoms with Gasteiger partial charge in [-0.3, -0.25) is 4.79 Å². The van der Waals surface area contributed by atoms with E-state index in [9.17, 15) is 9.59 Å². The predicted octanol–water partition coefficient (Wildman–Crippen LogP) is 1.01. The second-order valence-corrected chi connectivity index (χ2v) is 6.00. The van der Waals surface area contributed by atoms with Crippen molar-refractivity contribution in [1.82, 2.24) is 24.7 Å². The van der Waals surface area contributed by atoms with Gasteiger partial charge in [-0.1, -0.05) is 42.5 Å². The topological polar surface area (TPSA) is 73.0 Å². The largest absolute Gasteiger partial charge is 0.368 e. The van der Waals surface area contributed by atoms with Crippen molar-refractivity contribution >= 4 is 5.91 Å². The lowest BCUT2D eigenvalue weighted by molar-refractivity contribution is -0.133. The molecule has 0 N–H and O–H groups in total. The molecule has 1 aliphatic rings. The highest BCUT2D eigenvalue weighted by molar-refractivity contribution is 5.76. The molecule has 1 amide bonds. The zero-order chi connectivity index (χ0) is 17.2. The second kappa shape index (κ2) is 6.35. The number of hydrogen-bond donors (Lipinski definition) is 0. The number of carbonyl (C=O) groups excluding carboxylic acids is 1. The molecule has 0 fully saturated rings. The number of rotatable bonds is 3. The van der Waals surface area contributed by atoms with Crippen LogP contribution in [0, 0.1) is 0 Å². The minimum atomic E-state index is -0.419. The van der Waals surface area contributed by atoms with Gasteiger partial charge in [0, 0.05) is 13.1 Å². The van der Waals surface area contributed by atoms with Crippen LogP contribution in [0.2, 0.25) is 0 Å². The van der Waals surface area contributed by atoms with E-state index in [0.29, 0.717) is 18.8 Å². The monoisotopic (exact) mass is 335 g/mol. The van der Waals surface area contributed by atoms with E-state index in [1.807, 2.05) is 36.4 Å². The number of amides is 1. The highest BCUT2D eigenvalue weighted by Crippen LogP contribution is 2.18. The van der Waals surface area contributed by atoms with Gasteiger partial charge in [0.1, 0.15) is 6.54 Å². The van der Waals surface area contributed by atoms with Gasteiger partial charge in [0.25, 0.3) is 0 Å². The van der Waals surface area contributed by atoms with Crippen molar-refractivity contribution in [2.75, 3.05) is 6.54 Å². The maximum atomic E-state index is 12.6. The van der Waals surface area contributed by atoms with Crippen molar-refractivity contribution in [2.45, 2.75) is 19.5 Å². The van der Waals surface area contributed by atoms with Crippen LogP contribution in [-0.2, 0) is 24.3 Å². The summed E-state index contributed by atoms with van der Waals surface area (Å²) in [6.45, 7) is 1.11. The number of fused-ring (bicyclic) bond motifs is 1. The number of carbonyl (C=O) groups is 1. The average Bonchev–Trinajstić information content (AvgIpc) is 3.02. The van der Waals surface area contributed by atoms with Gasteiger partial charge < -0.3 is 4.90 Å². The summed E-state index contributed by atoms with van der Waals surface area (Å²) in [5, 5.41) is 7.71. The summed E-state index contributed by atoms with van der Waals surface area (Å²) in [7, 11) is 0. The van der Waals surface area contributed by atoms with Crippen LogP contribution in [-0.4, -0.2) is 37.1 Å². The molecule has 2 aromatic carbocycles. The van der Waals surface area contributed by atoms with E-state index in [-0.39, 0.29) is 12.5 Å². The van der Waals surface area contributed by atoms with E-state index in [1.54, 1.807) is 17.0 Å². The fourth-order valence-corrected chi connectivity index (χ4v) is 3.04. The Morgan fingerprint density at radius 2 is 1.68 bits per heavy atom. The Bertz CT molecular complexity index is 961. The third-order valence-electron chi connectivity index (χ3n) is 4.41. The standard InChI is InChI=1S/C18H17N5O2/c24-17(21-11-10-14-6-4-5-7-15(14)12-21)13-22-18(25)23(20-19-22)16-8-2-1-3-9-16/h1-9H,10-13H2. The lowest BCUT2D eigenvalue weighted by atomic mass is 10.00. The Labute approximate surface area is 144 Å². The molecule has 3 aromatic rings. The Hall–Kier alpha value is -3.22. The van der Waals surface area contributed by atoms with Gasteiger partial charge in [0.15, 0.2) is 0 Å².